The summed E-state index contributed by atoms with van der Waals surface area (Å²) in [6, 6.07) is 9.76. The zero-order chi connectivity index (χ0) is 20.2. The van der Waals surface area contributed by atoms with Gasteiger partial charge < -0.3 is 0 Å². The van der Waals surface area contributed by atoms with Crippen LogP contribution >= 0.6 is 0 Å². The topological polar surface area (TPSA) is 96.6 Å². The van der Waals surface area contributed by atoms with E-state index < -0.39 is 22.1 Å². The van der Waals surface area contributed by atoms with Crippen LogP contribution in [0.1, 0.15) is 34.5 Å². The SMILES string of the molecule is CC(=O)c1cc2c(c3ncccc13)N(N)S(=O)(=O)N(C)C2c1ccc(F)cc1. The first-order valence-electron chi connectivity index (χ1n) is 8.44. The van der Waals surface area contributed by atoms with E-state index in [1.807, 2.05) is 0 Å². The van der Waals surface area contributed by atoms with Crippen molar-refractivity contribution in [2.24, 2.45) is 5.84 Å². The van der Waals surface area contributed by atoms with Crippen LogP contribution < -0.4 is 10.3 Å². The van der Waals surface area contributed by atoms with Crippen molar-refractivity contribution in [2.75, 3.05) is 11.5 Å². The van der Waals surface area contributed by atoms with E-state index in [9.17, 15) is 17.6 Å². The summed E-state index contributed by atoms with van der Waals surface area (Å²) in [5.74, 6) is 5.37. The smallest absolute Gasteiger partial charge is 0.294 e. The van der Waals surface area contributed by atoms with Crippen molar-refractivity contribution < 1.29 is 17.6 Å². The van der Waals surface area contributed by atoms with E-state index in [1.165, 1.54) is 44.4 Å². The number of hydrogen-bond acceptors (Lipinski definition) is 5. The number of ketones is 1. The Balaban J connectivity index is 2.13. The van der Waals surface area contributed by atoms with Crippen molar-refractivity contribution in [2.45, 2.75) is 13.0 Å². The highest BCUT2D eigenvalue weighted by molar-refractivity contribution is 7.90. The molecule has 1 unspecified atom stereocenters. The molecule has 144 valence electrons. The summed E-state index contributed by atoms with van der Waals surface area (Å²) in [7, 11) is -2.67. The monoisotopic (exact) mass is 400 g/mol. The lowest BCUT2D eigenvalue weighted by molar-refractivity contribution is 0.101. The van der Waals surface area contributed by atoms with Gasteiger partial charge in [-0.2, -0.15) is 17.1 Å². The van der Waals surface area contributed by atoms with E-state index in [2.05, 4.69) is 4.98 Å². The van der Waals surface area contributed by atoms with Crippen molar-refractivity contribution in [1.29, 1.82) is 0 Å². The summed E-state index contributed by atoms with van der Waals surface area (Å²) in [5.41, 5.74) is 1.98. The number of halogens is 1. The summed E-state index contributed by atoms with van der Waals surface area (Å²) < 4.78 is 41.1. The number of hydrogen-bond donors (Lipinski definition) is 1. The van der Waals surface area contributed by atoms with Gasteiger partial charge in [-0.3, -0.25) is 9.78 Å². The second-order valence-electron chi connectivity index (χ2n) is 6.59. The highest BCUT2D eigenvalue weighted by atomic mass is 32.2. The average Bonchev–Trinajstić information content (AvgIpc) is 2.67. The fourth-order valence-corrected chi connectivity index (χ4v) is 4.80. The lowest BCUT2D eigenvalue weighted by atomic mass is 9.92. The van der Waals surface area contributed by atoms with Gasteiger partial charge in [-0.1, -0.05) is 18.2 Å². The van der Waals surface area contributed by atoms with Crippen LogP contribution in [0.25, 0.3) is 10.9 Å². The molecule has 0 aliphatic carbocycles. The van der Waals surface area contributed by atoms with Gasteiger partial charge in [0.15, 0.2) is 5.78 Å². The second kappa shape index (κ2) is 6.33. The minimum Gasteiger partial charge on any atom is -0.294 e. The van der Waals surface area contributed by atoms with Crippen LogP contribution in [0.2, 0.25) is 0 Å². The summed E-state index contributed by atoms with van der Waals surface area (Å²) >= 11 is 0. The Kier molecular flexibility index (Phi) is 4.18. The molecule has 2 N–H and O–H groups in total. The van der Waals surface area contributed by atoms with Crippen LogP contribution in [-0.2, 0) is 10.2 Å². The molecule has 1 aliphatic rings. The molecule has 7 nitrogen and oxygen atoms in total. The molecule has 0 saturated heterocycles. The molecule has 1 atom stereocenters. The van der Waals surface area contributed by atoms with Crippen LogP contribution in [-0.4, -0.2) is 30.5 Å². The molecule has 1 aliphatic heterocycles. The van der Waals surface area contributed by atoms with E-state index in [0.717, 1.165) is 4.31 Å². The van der Waals surface area contributed by atoms with Crippen molar-refractivity contribution in [1.82, 2.24) is 9.29 Å². The number of pyridine rings is 1. The fraction of sp³-hybridized carbons (Fsp3) is 0.158. The first-order valence-corrected chi connectivity index (χ1v) is 9.84. The van der Waals surface area contributed by atoms with E-state index in [0.29, 0.717) is 32.0 Å². The van der Waals surface area contributed by atoms with Gasteiger partial charge in [0.05, 0.1) is 11.6 Å². The van der Waals surface area contributed by atoms with Gasteiger partial charge in [0.25, 0.3) is 0 Å². The second-order valence-corrected chi connectivity index (χ2v) is 8.46. The highest BCUT2D eigenvalue weighted by Gasteiger charge is 2.42. The molecule has 2 aromatic carbocycles. The number of aromatic nitrogens is 1. The van der Waals surface area contributed by atoms with Crippen LogP contribution in [0.5, 0.6) is 0 Å². The number of nitrogens with zero attached hydrogens (tertiary/aromatic N) is 3. The Morgan fingerprint density at radius 2 is 1.89 bits per heavy atom. The third-order valence-electron chi connectivity index (χ3n) is 4.95. The predicted molar refractivity (Wildman–Crippen MR) is 103 cm³/mol. The highest BCUT2D eigenvalue weighted by Crippen LogP contribution is 2.45. The third kappa shape index (κ3) is 2.59. The number of carbonyl (C=O) groups is 1. The van der Waals surface area contributed by atoms with Crippen LogP contribution in [0.15, 0.2) is 48.7 Å². The lowest BCUT2D eigenvalue weighted by Crippen LogP contribution is -2.52. The van der Waals surface area contributed by atoms with Crippen LogP contribution in [0, 0.1) is 5.82 Å². The molecule has 0 spiro atoms. The number of nitrogens with two attached hydrogens (primary N) is 1. The van der Waals surface area contributed by atoms with Crippen molar-refractivity contribution in [3.63, 3.8) is 0 Å². The number of Topliss-reactive ketones (excluding diaryl/α,β-unsaturated/α-hetero) is 1. The first kappa shape index (κ1) is 18.5. The summed E-state index contributed by atoms with van der Waals surface area (Å²) in [6.45, 7) is 1.44. The summed E-state index contributed by atoms with van der Waals surface area (Å²) in [4.78, 5) is 16.6. The molecule has 3 aromatic rings. The lowest BCUT2D eigenvalue weighted by Gasteiger charge is -2.39. The Bertz CT molecular complexity index is 1210. The molecular formula is C19H17FN4O3S. The fourth-order valence-electron chi connectivity index (χ4n) is 3.60. The van der Waals surface area contributed by atoms with E-state index >= 15 is 0 Å². The molecule has 0 radical (unpaired) electrons. The van der Waals surface area contributed by atoms with Gasteiger partial charge >= 0.3 is 10.2 Å². The number of benzene rings is 2. The summed E-state index contributed by atoms with van der Waals surface area (Å²) in [5, 5.41) is 0.516. The molecule has 0 saturated carbocycles. The van der Waals surface area contributed by atoms with Gasteiger partial charge in [-0.05, 0) is 36.8 Å². The zero-order valence-corrected chi connectivity index (χ0v) is 15.9. The largest absolute Gasteiger partial charge is 0.318 e. The van der Waals surface area contributed by atoms with E-state index in [-0.39, 0.29) is 11.5 Å². The number of carbonyl (C=O) groups excluding carboxylic acids is 1. The third-order valence-corrected chi connectivity index (χ3v) is 6.57. The van der Waals surface area contributed by atoms with Gasteiger partial charge in [-0.25, -0.2) is 10.2 Å². The maximum absolute atomic E-state index is 13.4. The molecular weight excluding hydrogens is 383 g/mol. The number of anilines is 1. The average molecular weight is 400 g/mol. The molecule has 1 aromatic heterocycles. The van der Waals surface area contributed by atoms with Crippen molar-refractivity contribution >= 4 is 32.6 Å². The van der Waals surface area contributed by atoms with Gasteiger partial charge in [-0.15, -0.1) is 0 Å². The molecule has 0 fully saturated rings. The molecule has 2 heterocycles. The standard InChI is InChI=1S/C19H17FN4O3S/c1-11(25)15-10-16-18(12-5-7-13(20)8-6-12)23(2)28(26,27)24(21)19(16)17-14(15)4-3-9-22-17/h3-10,18H,21H2,1-2H3. The van der Waals surface area contributed by atoms with E-state index in [1.54, 1.807) is 18.2 Å². The van der Waals surface area contributed by atoms with E-state index in [4.69, 9.17) is 5.84 Å². The maximum atomic E-state index is 13.4. The first-order chi connectivity index (χ1) is 13.2. The van der Waals surface area contributed by atoms with Gasteiger partial charge in [0.1, 0.15) is 11.5 Å². The number of hydrazine groups is 1. The molecule has 28 heavy (non-hydrogen) atoms. The molecule has 0 bridgehead atoms. The quantitative estimate of drug-likeness (QED) is 0.527. The Morgan fingerprint density at radius 1 is 1.21 bits per heavy atom. The van der Waals surface area contributed by atoms with Crippen LogP contribution in [0.3, 0.4) is 0 Å². The maximum Gasteiger partial charge on any atom is 0.318 e. The minimum absolute atomic E-state index is 0.182. The molecule has 0 amide bonds. The molecule has 9 heteroatoms. The Hall–Kier alpha value is -2.88. The predicted octanol–water partition coefficient (Wildman–Crippen LogP) is 2.54. The number of fused-ring (bicyclic) bond motifs is 3. The van der Waals surface area contributed by atoms with Crippen molar-refractivity contribution in [3.8, 4) is 0 Å². The van der Waals surface area contributed by atoms with Gasteiger partial charge in [0.2, 0.25) is 0 Å². The normalized spacial score (nSPS) is 18.9. The Labute approximate surface area is 161 Å². The van der Waals surface area contributed by atoms with Crippen LogP contribution in [0.4, 0.5) is 10.1 Å². The van der Waals surface area contributed by atoms with Crippen molar-refractivity contribution in [3.05, 3.63) is 71.2 Å². The minimum atomic E-state index is -4.06. The number of rotatable bonds is 2. The molecule has 4 rings (SSSR count). The summed E-state index contributed by atoms with van der Waals surface area (Å²) in [6.07, 6.45) is 1.51. The zero-order valence-electron chi connectivity index (χ0n) is 15.1. The Morgan fingerprint density at radius 3 is 2.54 bits per heavy atom. The van der Waals surface area contributed by atoms with Gasteiger partial charge in [0, 0.05) is 29.8 Å².